The van der Waals surface area contributed by atoms with Crippen LogP contribution in [0, 0.1) is 0 Å². The Morgan fingerprint density at radius 2 is 1.57 bits per heavy atom. The van der Waals surface area contributed by atoms with E-state index in [0.29, 0.717) is 17.3 Å². The minimum absolute atomic E-state index is 0.312. The number of aromatic nitrogens is 1. The van der Waals surface area contributed by atoms with Gasteiger partial charge in [-0.2, -0.15) is 0 Å². The average molecular weight is 434 g/mol. The van der Waals surface area contributed by atoms with Gasteiger partial charge in [-0.05, 0) is 42.5 Å². The van der Waals surface area contributed by atoms with Crippen LogP contribution in [0.15, 0.2) is 94.0 Å². The van der Waals surface area contributed by atoms with E-state index in [-0.39, 0.29) is 6.03 Å². The van der Waals surface area contributed by atoms with Crippen molar-refractivity contribution >= 4 is 33.3 Å². The standard InChI is InChI=1S/C22H16BrN3O2/c23-17-7-4-8-19(13-17)25-22(27)24-18-11-9-16(10-12-18)21-26-20(14-28-21)15-5-2-1-3-6-15/h1-14H,(H2,24,25,27). The van der Waals surface area contributed by atoms with E-state index in [1.807, 2.05) is 78.9 Å². The fraction of sp³-hybridized carbons (Fsp3) is 0. The van der Waals surface area contributed by atoms with Crippen LogP contribution in [0.1, 0.15) is 0 Å². The van der Waals surface area contributed by atoms with Gasteiger partial charge in [0.1, 0.15) is 12.0 Å². The number of hydrogen-bond donors (Lipinski definition) is 2. The summed E-state index contributed by atoms with van der Waals surface area (Å²) in [6.07, 6.45) is 1.64. The van der Waals surface area contributed by atoms with E-state index in [0.717, 1.165) is 21.3 Å². The zero-order chi connectivity index (χ0) is 19.3. The molecule has 0 spiro atoms. The normalized spacial score (nSPS) is 10.5. The van der Waals surface area contributed by atoms with E-state index in [2.05, 4.69) is 31.5 Å². The molecule has 6 heteroatoms. The Bertz CT molecular complexity index is 1090. The number of nitrogens with zero attached hydrogens (tertiary/aromatic N) is 1. The number of anilines is 2. The van der Waals surface area contributed by atoms with Gasteiger partial charge in [-0.1, -0.05) is 52.3 Å². The van der Waals surface area contributed by atoms with Crippen LogP contribution in [0.25, 0.3) is 22.7 Å². The molecule has 0 aliphatic rings. The first-order valence-electron chi connectivity index (χ1n) is 8.62. The van der Waals surface area contributed by atoms with Gasteiger partial charge in [-0.25, -0.2) is 9.78 Å². The molecule has 0 radical (unpaired) electrons. The first kappa shape index (κ1) is 18.0. The van der Waals surface area contributed by atoms with Crippen molar-refractivity contribution in [3.05, 3.63) is 89.6 Å². The first-order chi connectivity index (χ1) is 13.7. The van der Waals surface area contributed by atoms with Crippen LogP contribution in [0.5, 0.6) is 0 Å². The highest BCUT2D eigenvalue weighted by Gasteiger charge is 2.09. The summed E-state index contributed by atoms with van der Waals surface area (Å²) in [7, 11) is 0. The summed E-state index contributed by atoms with van der Waals surface area (Å²) in [6, 6.07) is 24.3. The number of nitrogens with one attached hydrogen (secondary N) is 2. The van der Waals surface area contributed by atoms with Gasteiger partial charge in [0.15, 0.2) is 0 Å². The van der Waals surface area contributed by atoms with Crippen molar-refractivity contribution in [2.45, 2.75) is 0 Å². The number of oxazole rings is 1. The predicted molar refractivity (Wildman–Crippen MR) is 114 cm³/mol. The molecule has 0 unspecified atom stereocenters. The molecule has 2 amide bonds. The van der Waals surface area contributed by atoms with E-state index in [9.17, 15) is 4.79 Å². The minimum atomic E-state index is -0.312. The molecule has 1 heterocycles. The highest BCUT2D eigenvalue weighted by atomic mass is 79.9. The van der Waals surface area contributed by atoms with Crippen LogP contribution in [0.4, 0.5) is 16.2 Å². The maximum Gasteiger partial charge on any atom is 0.323 e. The molecule has 0 bridgehead atoms. The molecule has 0 aliphatic carbocycles. The van der Waals surface area contributed by atoms with Crippen molar-refractivity contribution < 1.29 is 9.21 Å². The van der Waals surface area contributed by atoms with Crippen molar-refractivity contribution in [1.82, 2.24) is 4.98 Å². The van der Waals surface area contributed by atoms with Crippen LogP contribution in [0.2, 0.25) is 0 Å². The van der Waals surface area contributed by atoms with Crippen molar-refractivity contribution in [3.63, 3.8) is 0 Å². The second kappa shape index (κ2) is 8.10. The van der Waals surface area contributed by atoms with E-state index in [1.165, 1.54) is 0 Å². The number of carbonyl (C=O) groups excluding carboxylic acids is 1. The molecule has 3 aromatic carbocycles. The number of benzene rings is 3. The lowest BCUT2D eigenvalue weighted by molar-refractivity contribution is 0.262. The summed E-state index contributed by atoms with van der Waals surface area (Å²) < 4.78 is 6.50. The Morgan fingerprint density at radius 1 is 0.821 bits per heavy atom. The van der Waals surface area contributed by atoms with Gasteiger partial charge in [-0.3, -0.25) is 0 Å². The molecule has 0 aliphatic heterocycles. The van der Waals surface area contributed by atoms with Gasteiger partial charge in [0.25, 0.3) is 0 Å². The quantitative estimate of drug-likeness (QED) is 0.390. The van der Waals surface area contributed by atoms with Crippen LogP contribution in [-0.2, 0) is 0 Å². The summed E-state index contributed by atoms with van der Waals surface area (Å²) in [4.78, 5) is 16.7. The fourth-order valence-corrected chi connectivity index (χ4v) is 3.10. The molecule has 0 saturated carbocycles. The second-order valence-corrected chi connectivity index (χ2v) is 6.99. The monoisotopic (exact) mass is 433 g/mol. The fourth-order valence-electron chi connectivity index (χ4n) is 2.70. The smallest absolute Gasteiger partial charge is 0.323 e. The molecule has 2 N–H and O–H groups in total. The first-order valence-corrected chi connectivity index (χ1v) is 9.42. The van der Waals surface area contributed by atoms with Gasteiger partial charge in [0.05, 0.1) is 0 Å². The van der Waals surface area contributed by atoms with E-state index >= 15 is 0 Å². The van der Waals surface area contributed by atoms with Crippen molar-refractivity contribution in [1.29, 1.82) is 0 Å². The Hall–Kier alpha value is -3.38. The van der Waals surface area contributed by atoms with Crippen LogP contribution in [0.3, 0.4) is 0 Å². The largest absolute Gasteiger partial charge is 0.444 e. The molecule has 0 fully saturated rings. The van der Waals surface area contributed by atoms with Crippen LogP contribution in [-0.4, -0.2) is 11.0 Å². The molecular weight excluding hydrogens is 418 g/mol. The van der Waals surface area contributed by atoms with Crippen molar-refractivity contribution in [2.75, 3.05) is 10.6 Å². The number of halogens is 1. The number of rotatable bonds is 4. The Labute approximate surface area is 170 Å². The lowest BCUT2D eigenvalue weighted by Crippen LogP contribution is -2.19. The molecule has 0 atom stereocenters. The van der Waals surface area contributed by atoms with E-state index in [1.54, 1.807) is 6.26 Å². The summed E-state index contributed by atoms with van der Waals surface area (Å²) >= 11 is 3.38. The second-order valence-electron chi connectivity index (χ2n) is 6.07. The third kappa shape index (κ3) is 4.29. The van der Waals surface area contributed by atoms with Crippen LogP contribution < -0.4 is 10.6 Å². The third-order valence-corrected chi connectivity index (χ3v) is 4.54. The maximum absolute atomic E-state index is 12.1. The molecule has 1 aromatic heterocycles. The Kier molecular flexibility index (Phi) is 5.21. The Balaban J connectivity index is 1.43. The molecule has 4 aromatic rings. The molecule has 4 rings (SSSR count). The summed E-state index contributed by atoms with van der Waals surface area (Å²) in [5, 5.41) is 5.59. The molecule has 5 nitrogen and oxygen atoms in total. The maximum atomic E-state index is 12.1. The number of hydrogen-bond acceptors (Lipinski definition) is 3. The zero-order valence-corrected chi connectivity index (χ0v) is 16.3. The van der Waals surface area contributed by atoms with Gasteiger partial charge < -0.3 is 15.1 Å². The number of amides is 2. The lowest BCUT2D eigenvalue weighted by atomic mass is 10.2. The zero-order valence-electron chi connectivity index (χ0n) is 14.7. The Morgan fingerprint density at radius 3 is 2.32 bits per heavy atom. The third-order valence-electron chi connectivity index (χ3n) is 4.05. The topological polar surface area (TPSA) is 67.2 Å². The van der Waals surface area contributed by atoms with Gasteiger partial charge in [0, 0.05) is 27.0 Å². The van der Waals surface area contributed by atoms with Crippen molar-refractivity contribution in [3.8, 4) is 22.7 Å². The number of carbonyl (C=O) groups is 1. The molecular formula is C22H16BrN3O2. The average Bonchev–Trinajstić information content (AvgIpc) is 3.19. The van der Waals surface area contributed by atoms with Gasteiger partial charge in [-0.15, -0.1) is 0 Å². The van der Waals surface area contributed by atoms with Gasteiger partial charge in [0.2, 0.25) is 5.89 Å². The van der Waals surface area contributed by atoms with E-state index < -0.39 is 0 Å². The molecule has 138 valence electrons. The summed E-state index contributed by atoms with van der Waals surface area (Å²) in [5.74, 6) is 0.531. The minimum Gasteiger partial charge on any atom is -0.444 e. The number of urea groups is 1. The van der Waals surface area contributed by atoms with Crippen molar-refractivity contribution in [2.24, 2.45) is 0 Å². The summed E-state index contributed by atoms with van der Waals surface area (Å²) in [6.45, 7) is 0. The highest BCUT2D eigenvalue weighted by Crippen LogP contribution is 2.25. The van der Waals surface area contributed by atoms with Crippen LogP contribution >= 0.6 is 15.9 Å². The van der Waals surface area contributed by atoms with E-state index in [4.69, 9.17) is 4.42 Å². The predicted octanol–water partition coefficient (Wildman–Crippen LogP) is 6.42. The lowest BCUT2D eigenvalue weighted by Gasteiger charge is -2.08. The highest BCUT2D eigenvalue weighted by molar-refractivity contribution is 9.10. The molecule has 28 heavy (non-hydrogen) atoms. The summed E-state index contributed by atoms with van der Waals surface area (Å²) in [5.41, 5.74) is 3.99. The SMILES string of the molecule is O=C(Nc1ccc(-c2nc(-c3ccccc3)co2)cc1)Nc1cccc(Br)c1. The molecule has 0 saturated heterocycles. The van der Waals surface area contributed by atoms with Gasteiger partial charge >= 0.3 is 6.03 Å².